The number of benzene rings is 8. The Labute approximate surface area is 290 Å². The van der Waals surface area contributed by atoms with E-state index in [2.05, 4.69) is 187 Å². The highest BCUT2D eigenvalue weighted by Gasteiger charge is 2.27. The minimum atomic E-state index is 0.631. The van der Waals surface area contributed by atoms with Crippen LogP contribution in [0.5, 0.6) is 0 Å². The van der Waals surface area contributed by atoms with Crippen LogP contribution >= 0.6 is 0 Å². The van der Waals surface area contributed by atoms with Gasteiger partial charge in [-0.2, -0.15) is 0 Å². The summed E-state index contributed by atoms with van der Waals surface area (Å²) in [7, 11) is 0. The molecule has 9 aromatic rings. The first-order valence-corrected chi connectivity index (χ1v) is 17.0. The average Bonchev–Trinajstić information content (AvgIpc) is 3.76. The van der Waals surface area contributed by atoms with Gasteiger partial charge in [-0.15, -0.1) is 0 Å². The molecule has 0 bridgehead atoms. The van der Waals surface area contributed by atoms with E-state index < -0.39 is 0 Å². The Hall–Kier alpha value is -6.71. The normalized spacial score (nSPS) is 11.6. The van der Waals surface area contributed by atoms with E-state index in [4.69, 9.17) is 9.40 Å². The van der Waals surface area contributed by atoms with Gasteiger partial charge in [0.2, 0.25) is 5.89 Å². The largest absolute Gasteiger partial charge is 0.435 e. The van der Waals surface area contributed by atoms with Gasteiger partial charge in [0.25, 0.3) is 0 Å². The zero-order valence-electron chi connectivity index (χ0n) is 27.1. The number of oxazole rings is 1. The number of rotatable bonds is 6. The zero-order valence-corrected chi connectivity index (χ0v) is 27.1. The number of aromatic nitrogens is 1. The zero-order chi connectivity index (χ0) is 33.0. The van der Waals surface area contributed by atoms with Gasteiger partial charge in [0, 0.05) is 39.1 Å². The minimum absolute atomic E-state index is 0.631. The number of hydrogen-bond acceptors (Lipinski definition) is 3. The molecule has 0 N–H and O–H groups in total. The molecule has 8 aromatic carbocycles. The van der Waals surface area contributed by atoms with Crippen molar-refractivity contribution in [1.82, 2.24) is 4.98 Å². The maximum atomic E-state index is 6.47. The van der Waals surface area contributed by atoms with Crippen LogP contribution in [0.3, 0.4) is 0 Å². The predicted octanol–water partition coefficient (Wildman–Crippen LogP) is 13.1. The number of fused-ring (bicyclic) bond motifs is 4. The number of nitrogens with zero attached hydrogens (tertiary/aromatic N) is 2. The molecule has 0 saturated heterocycles. The third kappa shape index (κ3) is 4.71. The Kier molecular flexibility index (Phi) is 6.49. The van der Waals surface area contributed by atoms with Gasteiger partial charge in [0.1, 0.15) is 5.69 Å². The molecule has 234 valence electrons. The highest BCUT2D eigenvalue weighted by molar-refractivity contribution is 6.13. The molecule has 3 heteroatoms. The molecule has 3 nitrogen and oxygen atoms in total. The van der Waals surface area contributed by atoms with Crippen LogP contribution in [0.4, 0.5) is 17.1 Å². The Balaban J connectivity index is 1.03. The molecule has 0 radical (unpaired) electrons. The first-order valence-electron chi connectivity index (χ1n) is 17.0. The van der Waals surface area contributed by atoms with Crippen molar-refractivity contribution in [2.45, 2.75) is 0 Å². The van der Waals surface area contributed by atoms with Crippen molar-refractivity contribution in [3.8, 4) is 56.3 Å². The number of hydrogen-bond donors (Lipinski definition) is 0. The predicted molar refractivity (Wildman–Crippen MR) is 207 cm³/mol. The average molecular weight is 639 g/mol. The molecule has 10 rings (SSSR count). The molecule has 1 aliphatic carbocycles. The lowest BCUT2D eigenvalue weighted by Gasteiger charge is -2.26. The Morgan fingerprint density at radius 1 is 0.380 bits per heavy atom. The molecule has 1 aliphatic rings. The fourth-order valence-electron chi connectivity index (χ4n) is 7.35. The lowest BCUT2D eigenvalue weighted by Crippen LogP contribution is -2.09. The summed E-state index contributed by atoms with van der Waals surface area (Å²) in [5.41, 5.74) is 12.2. The van der Waals surface area contributed by atoms with Gasteiger partial charge in [-0.3, -0.25) is 0 Å². The highest BCUT2D eigenvalue weighted by atomic mass is 16.4. The SMILES string of the molecule is c1ccc(-c2ccc(N(c3ccc(-c4nc5c(o4)-c4cccc6cccc-5c46)cc3)c3ccc4cc(-c5ccccc5)ccc4c3)cc2)cc1. The standard InChI is InChI=1S/C47H30N2O/c1-3-9-31(10-4-1)33-19-24-39(25-20-33)49(41-28-23-37-29-36(17-18-38(37)30-41)32-11-5-2-6-12-32)40-26-21-35(22-27-40)47-48-45-42-15-7-13-34-14-8-16-43(44(34)42)46(45)50-47/h1-30H. The number of anilines is 3. The van der Waals surface area contributed by atoms with Crippen LogP contribution in [0.2, 0.25) is 0 Å². The highest BCUT2D eigenvalue weighted by Crippen LogP contribution is 2.48. The quantitative estimate of drug-likeness (QED) is 0.181. The van der Waals surface area contributed by atoms with Gasteiger partial charge in [-0.25, -0.2) is 4.98 Å². The van der Waals surface area contributed by atoms with Crippen LogP contribution in [0, 0.1) is 0 Å². The molecule has 0 amide bonds. The fourth-order valence-corrected chi connectivity index (χ4v) is 7.35. The van der Waals surface area contributed by atoms with Gasteiger partial charge in [0.05, 0.1) is 0 Å². The van der Waals surface area contributed by atoms with E-state index in [1.807, 2.05) is 0 Å². The van der Waals surface area contributed by atoms with E-state index in [0.29, 0.717) is 5.89 Å². The van der Waals surface area contributed by atoms with E-state index in [1.165, 1.54) is 43.8 Å². The summed E-state index contributed by atoms with van der Waals surface area (Å²) in [5.74, 6) is 1.48. The second kappa shape index (κ2) is 11.5. The van der Waals surface area contributed by atoms with Gasteiger partial charge < -0.3 is 9.32 Å². The van der Waals surface area contributed by atoms with Gasteiger partial charge in [0.15, 0.2) is 5.76 Å². The lowest BCUT2D eigenvalue weighted by molar-refractivity contribution is 0.590. The van der Waals surface area contributed by atoms with Crippen LogP contribution in [-0.2, 0) is 0 Å². The Bertz CT molecular complexity index is 2620. The summed E-state index contributed by atoms with van der Waals surface area (Å²) >= 11 is 0. The smallest absolute Gasteiger partial charge is 0.227 e. The molecule has 1 aromatic heterocycles. The van der Waals surface area contributed by atoms with Gasteiger partial charge in [-0.05, 0) is 93.0 Å². The van der Waals surface area contributed by atoms with E-state index >= 15 is 0 Å². The van der Waals surface area contributed by atoms with Crippen molar-refractivity contribution in [2.24, 2.45) is 0 Å². The molecule has 0 atom stereocenters. The monoisotopic (exact) mass is 638 g/mol. The Morgan fingerprint density at radius 2 is 0.920 bits per heavy atom. The fraction of sp³-hybridized carbons (Fsp3) is 0. The van der Waals surface area contributed by atoms with E-state index in [1.54, 1.807) is 0 Å². The van der Waals surface area contributed by atoms with E-state index in [9.17, 15) is 0 Å². The van der Waals surface area contributed by atoms with Crippen LogP contribution in [-0.4, -0.2) is 4.98 Å². The first kappa shape index (κ1) is 28.3. The van der Waals surface area contributed by atoms with Crippen LogP contribution in [0.15, 0.2) is 186 Å². The van der Waals surface area contributed by atoms with E-state index in [-0.39, 0.29) is 0 Å². The van der Waals surface area contributed by atoms with Gasteiger partial charge >= 0.3 is 0 Å². The van der Waals surface area contributed by atoms with Gasteiger partial charge in [-0.1, -0.05) is 127 Å². The summed E-state index contributed by atoms with van der Waals surface area (Å²) in [5, 5.41) is 4.83. The molecule has 0 unspecified atom stereocenters. The van der Waals surface area contributed by atoms with Crippen LogP contribution in [0.1, 0.15) is 0 Å². The summed E-state index contributed by atoms with van der Waals surface area (Å²) in [6.45, 7) is 0. The molecule has 0 fully saturated rings. The summed E-state index contributed by atoms with van der Waals surface area (Å²) in [4.78, 5) is 7.33. The maximum Gasteiger partial charge on any atom is 0.227 e. The second-order valence-corrected chi connectivity index (χ2v) is 12.8. The summed E-state index contributed by atoms with van der Waals surface area (Å²) in [6.07, 6.45) is 0. The van der Waals surface area contributed by atoms with E-state index in [0.717, 1.165) is 45.2 Å². The molecule has 0 saturated carbocycles. The van der Waals surface area contributed by atoms with Crippen LogP contribution < -0.4 is 4.90 Å². The van der Waals surface area contributed by atoms with Crippen molar-refractivity contribution in [1.29, 1.82) is 0 Å². The molecule has 0 spiro atoms. The molecule has 0 aliphatic heterocycles. The van der Waals surface area contributed by atoms with Crippen molar-refractivity contribution in [2.75, 3.05) is 4.90 Å². The molecule has 1 heterocycles. The molecule has 50 heavy (non-hydrogen) atoms. The molecular formula is C47H30N2O. The van der Waals surface area contributed by atoms with Crippen molar-refractivity contribution in [3.63, 3.8) is 0 Å². The third-order valence-electron chi connectivity index (χ3n) is 9.83. The second-order valence-electron chi connectivity index (χ2n) is 12.8. The Morgan fingerprint density at radius 3 is 1.62 bits per heavy atom. The van der Waals surface area contributed by atoms with Crippen molar-refractivity contribution in [3.05, 3.63) is 182 Å². The van der Waals surface area contributed by atoms with Crippen LogP contribution in [0.25, 0.3) is 77.8 Å². The topological polar surface area (TPSA) is 29.3 Å². The lowest BCUT2D eigenvalue weighted by atomic mass is 10.0. The third-order valence-corrected chi connectivity index (χ3v) is 9.83. The van der Waals surface area contributed by atoms with Crippen molar-refractivity contribution >= 4 is 38.6 Å². The first-order chi connectivity index (χ1) is 24.8. The summed E-state index contributed by atoms with van der Waals surface area (Å²) < 4.78 is 6.47. The molecular weight excluding hydrogens is 609 g/mol. The van der Waals surface area contributed by atoms with Crippen molar-refractivity contribution < 1.29 is 4.42 Å². The minimum Gasteiger partial charge on any atom is -0.435 e. The maximum absolute atomic E-state index is 6.47. The summed E-state index contributed by atoms with van der Waals surface area (Å²) in [6, 6.07) is 64.6.